The van der Waals surface area contributed by atoms with Gasteiger partial charge in [0.1, 0.15) is 51.5 Å². The van der Waals surface area contributed by atoms with Crippen molar-refractivity contribution in [1.29, 1.82) is 0 Å². The monoisotopic (exact) mass is 370 g/mol. The van der Waals surface area contributed by atoms with E-state index in [0.29, 0.717) is 19.3 Å². The summed E-state index contributed by atoms with van der Waals surface area (Å²) >= 11 is 5.87. The van der Waals surface area contributed by atoms with Gasteiger partial charge in [-0.3, -0.25) is 0 Å². The average Bonchev–Trinajstić information content (AvgIpc) is 3.11. The summed E-state index contributed by atoms with van der Waals surface area (Å²) in [6.07, 6.45) is 2.52. The Hall–Kier alpha value is -0.690. The van der Waals surface area contributed by atoms with Gasteiger partial charge in [0.15, 0.2) is 0 Å². The maximum atomic E-state index is 10.2. The van der Waals surface area contributed by atoms with Crippen molar-refractivity contribution in [2.24, 2.45) is 0 Å². The third kappa shape index (κ3) is 6.51. The number of hydrogen-bond acceptors (Lipinski definition) is 3. The van der Waals surface area contributed by atoms with Gasteiger partial charge in [0.25, 0.3) is 0 Å². The Morgan fingerprint density at radius 1 is 1.16 bits per heavy atom. The van der Waals surface area contributed by atoms with Gasteiger partial charge in [-0.15, -0.1) is 0 Å². The first kappa shape index (κ1) is 19.1. The summed E-state index contributed by atoms with van der Waals surface area (Å²) in [6.45, 7) is 8.36. The Morgan fingerprint density at radius 2 is 1.88 bits per heavy atom. The maximum absolute atomic E-state index is 10.2. The van der Waals surface area contributed by atoms with Crippen molar-refractivity contribution < 1.29 is 24.4 Å². The molecule has 2 aliphatic heterocycles. The van der Waals surface area contributed by atoms with Crippen LogP contribution in [0.15, 0.2) is 24.3 Å². The minimum atomic E-state index is -0.401. The van der Waals surface area contributed by atoms with Crippen molar-refractivity contribution >= 4 is 11.6 Å². The van der Waals surface area contributed by atoms with E-state index < -0.39 is 6.10 Å². The lowest BCUT2D eigenvalue weighted by Gasteiger charge is -2.31. The normalized spacial score (nSPS) is 28.2. The Labute approximate surface area is 155 Å². The van der Waals surface area contributed by atoms with E-state index in [0.717, 1.165) is 43.4 Å². The highest BCUT2D eigenvalue weighted by Gasteiger charge is 2.28. The highest BCUT2D eigenvalue weighted by molar-refractivity contribution is 6.30. The summed E-state index contributed by atoms with van der Waals surface area (Å²) in [5.74, 6) is 0. The van der Waals surface area contributed by atoms with E-state index in [1.807, 2.05) is 24.3 Å². The quantitative estimate of drug-likeness (QED) is 0.560. The fourth-order valence-corrected chi connectivity index (χ4v) is 3.90. The number of rotatable bonds is 8. The van der Waals surface area contributed by atoms with Crippen molar-refractivity contribution in [3.8, 4) is 0 Å². The summed E-state index contributed by atoms with van der Waals surface area (Å²) in [5, 5.41) is 11.0. The summed E-state index contributed by atoms with van der Waals surface area (Å²) in [6, 6.07) is 7.63. The van der Waals surface area contributed by atoms with Gasteiger partial charge in [0.2, 0.25) is 0 Å². The molecule has 25 heavy (non-hydrogen) atoms. The number of hydrogen-bond donors (Lipinski definition) is 3. The Kier molecular flexibility index (Phi) is 7.52. The summed E-state index contributed by atoms with van der Waals surface area (Å²) in [7, 11) is 0. The maximum Gasteiger partial charge on any atom is 0.127 e. The topological polar surface area (TPSA) is 47.6 Å². The van der Waals surface area contributed by atoms with E-state index in [2.05, 4.69) is 0 Å². The molecule has 0 amide bonds. The fraction of sp³-hybridized carbons (Fsp3) is 0.684. The van der Waals surface area contributed by atoms with Crippen LogP contribution in [0.3, 0.4) is 0 Å². The molecule has 1 aromatic rings. The van der Waals surface area contributed by atoms with Crippen LogP contribution in [0.4, 0.5) is 0 Å². The standard InChI is InChI=1S/C19H29ClN2O3/c20-17-5-3-16(4-6-17)14-24-15-18(23)12-21-7-9-22(10-8-21)13-19-2-1-11-25-19/h3-6,18-19,23H,1-2,7-15H2/p+2/t18-,19+/m1/s1. The highest BCUT2D eigenvalue weighted by Crippen LogP contribution is 2.10. The van der Waals surface area contributed by atoms with Crippen molar-refractivity contribution in [3.63, 3.8) is 0 Å². The molecule has 0 aromatic heterocycles. The largest absolute Gasteiger partial charge is 0.385 e. The number of aliphatic hydroxyl groups excluding tert-OH is 1. The SMILES string of the molecule is O[C@@H](COCc1ccc(Cl)cc1)C[NH+]1CC[NH+](C[C@@H]2CCCO2)CC1. The number of nitrogens with one attached hydrogen (secondary N) is 2. The molecule has 0 bridgehead atoms. The number of halogens is 1. The number of aliphatic hydroxyl groups is 1. The van der Waals surface area contributed by atoms with Crippen LogP contribution in [-0.2, 0) is 16.1 Å². The number of ether oxygens (including phenoxy) is 2. The molecule has 3 N–H and O–H groups in total. The zero-order valence-electron chi connectivity index (χ0n) is 14.9. The Morgan fingerprint density at radius 3 is 2.56 bits per heavy atom. The molecule has 0 radical (unpaired) electrons. The minimum Gasteiger partial charge on any atom is -0.385 e. The lowest BCUT2D eigenvalue weighted by atomic mass is 10.2. The molecule has 0 spiro atoms. The van der Waals surface area contributed by atoms with Crippen LogP contribution in [0, 0.1) is 0 Å². The Balaban J connectivity index is 1.28. The first-order chi connectivity index (χ1) is 12.2. The molecule has 2 fully saturated rings. The molecule has 5 nitrogen and oxygen atoms in total. The van der Waals surface area contributed by atoms with E-state index in [9.17, 15) is 5.11 Å². The van der Waals surface area contributed by atoms with Crippen LogP contribution >= 0.6 is 11.6 Å². The van der Waals surface area contributed by atoms with Crippen LogP contribution in [0.2, 0.25) is 5.02 Å². The second-order valence-corrected chi connectivity index (χ2v) is 7.78. The van der Waals surface area contributed by atoms with Crippen LogP contribution < -0.4 is 9.80 Å². The van der Waals surface area contributed by atoms with Crippen molar-refractivity contribution in [2.45, 2.75) is 31.7 Å². The van der Waals surface area contributed by atoms with Gasteiger partial charge in [0, 0.05) is 11.6 Å². The zero-order chi connectivity index (χ0) is 17.5. The number of piperazine rings is 1. The zero-order valence-corrected chi connectivity index (χ0v) is 15.6. The highest BCUT2D eigenvalue weighted by atomic mass is 35.5. The average molecular weight is 371 g/mol. The van der Waals surface area contributed by atoms with Gasteiger partial charge in [-0.25, -0.2) is 0 Å². The summed E-state index contributed by atoms with van der Waals surface area (Å²) < 4.78 is 11.4. The molecular formula is C19H31ClN2O3+2. The number of benzene rings is 1. The molecule has 2 saturated heterocycles. The second kappa shape index (κ2) is 9.86. The van der Waals surface area contributed by atoms with Crippen molar-refractivity contribution in [3.05, 3.63) is 34.9 Å². The molecule has 0 unspecified atom stereocenters. The van der Waals surface area contributed by atoms with Gasteiger partial charge in [0.05, 0.1) is 13.2 Å². The molecule has 2 aliphatic rings. The molecule has 6 heteroatoms. The van der Waals surface area contributed by atoms with Gasteiger partial charge in [-0.05, 0) is 30.5 Å². The van der Waals surface area contributed by atoms with E-state index in [-0.39, 0.29) is 0 Å². The van der Waals surface area contributed by atoms with Crippen LogP contribution in [0.5, 0.6) is 0 Å². The minimum absolute atomic E-state index is 0.388. The van der Waals surface area contributed by atoms with Crippen molar-refractivity contribution in [1.82, 2.24) is 0 Å². The first-order valence-electron chi connectivity index (χ1n) is 9.48. The molecule has 1 aromatic carbocycles. The van der Waals surface area contributed by atoms with Crippen molar-refractivity contribution in [2.75, 3.05) is 52.5 Å². The van der Waals surface area contributed by atoms with E-state index in [1.54, 1.807) is 4.90 Å². The van der Waals surface area contributed by atoms with Gasteiger partial charge in [-0.1, -0.05) is 23.7 Å². The third-order valence-electron chi connectivity index (χ3n) is 5.22. The molecule has 2 heterocycles. The van der Waals surface area contributed by atoms with Crippen LogP contribution in [-0.4, -0.2) is 69.8 Å². The molecule has 2 atom stereocenters. The molecule has 3 rings (SSSR count). The molecule has 0 saturated carbocycles. The van der Waals surface area contributed by atoms with Crippen LogP contribution in [0.25, 0.3) is 0 Å². The van der Waals surface area contributed by atoms with Gasteiger partial charge >= 0.3 is 0 Å². The molecule has 140 valence electrons. The predicted molar refractivity (Wildman–Crippen MR) is 97.2 cm³/mol. The molecular weight excluding hydrogens is 340 g/mol. The number of quaternary nitrogens is 2. The molecule has 0 aliphatic carbocycles. The smallest absolute Gasteiger partial charge is 0.127 e. The lowest BCUT2D eigenvalue weighted by Crippen LogP contribution is -3.28. The summed E-state index contributed by atoms with van der Waals surface area (Å²) in [5.41, 5.74) is 1.08. The van der Waals surface area contributed by atoms with Gasteiger partial charge < -0.3 is 24.4 Å². The first-order valence-corrected chi connectivity index (χ1v) is 9.86. The fourth-order valence-electron chi connectivity index (χ4n) is 3.78. The second-order valence-electron chi connectivity index (χ2n) is 7.34. The van der Waals surface area contributed by atoms with E-state index >= 15 is 0 Å². The third-order valence-corrected chi connectivity index (χ3v) is 5.47. The predicted octanol–water partition coefficient (Wildman–Crippen LogP) is -0.820. The Bertz CT molecular complexity index is 500. The van der Waals surface area contributed by atoms with Gasteiger partial charge in [-0.2, -0.15) is 0 Å². The lowest BCUT2D eigenvalue weighted by molar-refractivity contribution is -1.01. The van der Waals surface area contributed by atoms with E-state index in [1.165, 1.54) is 30.8 Å². The van der Waals surface area contributed by atoms with Crippen LogP contribution in [0.1, 0.15) is 18.4 Å². The summed E-state index contributed by atoms with van der Waals surface area (Å²) in [4.78, 5) is 3.14. The van der Waals surface area contributed by atoms with E-state index in [4.69, 9.17) is 21.1 Å².